The Kier molecular flexibility index (Phi) is 1.73. The van der Waals surface area contributed by atoms with Crippen LogP contribution in [0.1, 0.15) is 21.3 Å². The van der Waals surface area contributed by atoms with Crippen molar-refractivity contribution in [1.29, 1.82) is 0 Å². The molecule has 74 valence electrons. The fourth-order valence-electron chi connectivity index (χ4n) is 0.921. The molecular weight excluding hydrogens is 186 g/mol. The number of hydrogen-bond donors (Lipinski definition) is 3. The van der Waals surface area contributed by atoms with E-state index in [0.717, 1.165) is 12.1 Å². The fraction of sp³-hybridized carbons (Fsp3) is 0.111. The Hall–Kier alpha value is -2.04. The second-order valence-corrected chi connectivity index (χ2v) is 2.49. The van der Waals surface area contributed by atoms with Crippen LogP contribution in [0, 0.1) is 0 Å². The van der Waals surface area contributed by atoms with E-state index in [1.807, 2.05) is 5.32 Å². The molecule has 1 amide bonds. The molecule has 0 aromatic heterocycles. The molecule has 0 fully saturated rings. The average molecular weight is 198 g/mol. The molecule has 0 spiro atoms. The predicted molar refractivity (Wildman–Crippen MR) is 49.4 cm³/mol. The zero-order valence-corrected chi connectivity index (χ0v) is 6.94. The van der Waals surface area contributed by atoms with Crippen LogP contribution < -0.4 is 5.32 Å². The monoisotopic (exact) mass is 198 g/mol. The molecule has 0 aliphatic rings. The number of hydrogen-bond acceptors (Lipinski definition) is 3. The van der Waals surface area contributed by atoms with Gasteiger partial charge in [-0.1, -0.05) is 0 Å². The fourth-order valence-corrected chi connectivity index (χ4v) is 0.921. The second-order valence-electron chi connectivity index (χ2n) is 2.49. The standard InChI is InChI=1S/C9H9NO4/c1-5(11)10-6-2-3-7(9(13)14)8(12)4-6/h2-4,12H,1H3,(H,10,11)(H,13,14)/i1D3. The van der Waals surface area contributed by atoms with Gasteiger partial charge in [-0.05, 0) is 12.1 Å². The number of phenols is 1. The van der Waals surface area contributed by atoms with Gasteiger partial charge in [-0.3, -0.25) is 4.79 Å². The molecular formula is C9H9NO4. The van der Waals surface area contributed by atoms with Crippen LogP contribution in [0.25, 0.3) is 0 Å². The van der Waals surface area contributed by atoms with Crippen molar-refractivity contribution in [2.75, 3.05) is 5.32 Å². The number of carboxylic acids is 1. The van der Waals surface area contributed by atoms with Crippen molar-refractivity contribution < 1.29 is 23.9 Å². The van der Waals surface area contributed by atoms with Crippen molar-refractivity contribution in [1.82, 2.24) is 0 Å². The number of carboxylic acid groups (broad SMARTS) is 1. The Morgan fingerprint density at radius 3 is 2.71 bits per heavy atom. The van der Waals surface area contributed by atoms with Gasteiger partial charge in [-0.2, -0.15) is 0 Å². The summed E-state index contributed by atoms with van der Waals surface area (Å²) >= 11 is 0. The third-order valence-corrected chi connectivity index (χ3v) is 1.49. The molecule has 14 heavy (non-hydrogen) atoms. The molecule has 1 aromatic carbocycles. The van der Waals surface area contributed by atoms with Gasteiger partial charge < -0.3 is 15.5 Å². The van der Waals surface area contributed by atoms with E-state index in [1.54, 1.807) is 0 Å². The Bertz CT molecular complexity index is 470. The molecule has 0 saturated carbocycles. The molecule has 0 heterocycles. The first-order chi connectivity index (χ1) is 7.71. The van der Waals surface area contributed by atoms with Crippen molar-refractivity contribution >= 4 is 17.6 Å². The number of amides is 1. The average Bonchev–Trinajstić information content (AvgIpc) is 2.15. The molecule has 0 aliphatic carbocycles. The molecule has 5 nitrogen and oxygen atoms in total. The van der Waals surface area contributed by atoms with Crippen molar-refractivity contribution in [2.45, 2.75) is 6.85 Å². The van der Waals surface area contributed by atoms with Crippen LogP contribution in [-0.4, -0.2) is 22.1 Å². The molecule has 0 radical (unpaired) electrons. The minimum atomic E-state index is -2.80. The van der Waals surface area contributed by atoms with E-state index in [1.165, 1.54) is 6.07 Å². The van der Waals surface area contributed by atoms with Gasteiger partial charge in [0.15, 0.2) is 0 Å². The molecule has 0 atom stereocenters. The molecule has 0 unspecified atom stereocenters. The second kappa shape index (κ2) is 3.78. The summed E-state index contributed by atoms with van der Waals surface area (Å²) in [6.07, 6.45) is 0. The van der Waals surface area contributed by atoms with Gasteiger partial charge in [0.25, 0.3) is 0 Å². The number of benzene rings is 1. The van der Waals surface area contributed by atoms with Crippen molar-refractivity contribution in [3.05, 3.63) is 23.8 Å². The summed E-state index contributed by atoms with van der Waals surface area (Å²) in [6.45, 7) is -2.80. The topological polar surface area (TPSA) is 86.6 Å². The van der Waals surface area contributed by atoms with Gasteiger partial charge >= 0.3 is 5.97 Å². The minimum Gasteiger partial charge on any atom is -0.507 e. The van der Waals surface area contributed by atoms with Crippen molar-refractivity contribution in [2.24, 2.45) is 0 Å². The molecule has 1 rings (SSSR count). The summed E-state index contributed by atoms with van der Waals surface area (Å²) in [5.41, 5.74) is -0.328. The van der Waals surface area contributed by atoms with Crippen molar-refractivity contribution in [3.63, 3.8) is 0 Å². The van der Waals surface area contributed by atoms with Gasteiger partial charge in [0.1, 0.15) is 11.3 Å². The van der Waals surface area contributed by atoms with Gasteiger partial charge in [0.2, 0.25) is 5.91 Å². The van der Waals surface area contributed by atoms with E-state index in [0.29, 0.717) is 0 Å². The lowest BCUT2D eigenvalue weighted by Crippen LogP contribution is -2.06. The van der Waals surface area contributed by atoms with Crippen LogP contribution in [0.2, 0.25) is 0 Å². The highest BCUT2D eigenvalue weighted by Crippen LogP contribution is 2.21. The van der Waals surface area contributed by atoms with E-state index >= 15 is 0 Å². The molecule has 0 bridgehead atoms. The SMILES string of the molecule is [2H]C([2H])([2H])C(=O)Nc1ccc(C(=O)O)c(O)c1. The molecule has 0 saturated heterocycles. The first-order valence-electron chi connectivity index (χ1n) is 5.09. The van der Waals surface area contributed by atoms with Crippen LogP contribution in [0.15, 0.2) is 18.2 Å². The number of carbonyl (C=O) groups is 2. The Balaban J connectivity index is 2.92. The molecule has 5 heteroatoms. The maximum absolute atomic E-state index is 11.1. The number of aromatic hydroxyl groups is 1. The first-order valence-corrected chi connectivity index (χ1v) is 3.59. The summed E-state index contributed by atoms with van der Waals surface area (Å²) in [4.78, 5) is 21.7. The summed E-state index contributed by atoms with van der Waals surface area (Å²) in [7, 11) is 0. The number of rotatable bonds is 2. The summed E-state index contributed by atoms with van der Waals surface area (Å²) in [5, 5.41) is 20.0. The summed E-state index contributed by atoms with van der Waals surface area (Å²) < 4.78 is 20.4. The number of aromatic carboxylic acids is 1. The smallest absolute Gasteiger partial charge is 0.339 e. The van der Waals surface area contributed by atoms with Gasteiger partial charge in [0, 0.05) is 22.7 Å². The third-order valence-electron chi connectivity index (χ3n) is 1.49. The van der Waals surface area contributed by atoms with E-state index in [4.69, 9.17) is 9.22 Å². The Morgan fingerprint density at radius 1 is 1.50 bits per heavy atom. The highest BCUT2D eigenvalue weighted by Gasteiger charge is 2.09. The highest BCUT2D eigenvalue weighted by molar-refractivity contribution is 5.93. The zero-order chi connectivity index (χ0) is 13.2. The highest BCUT2D eigenvalue weighted by atomic mass is 16.4. The van der Waals surface area contributed by atoms with E-state index in [2.05, 4.69) is 0 Å². The largest absolute Gasteiger partial charge is 0.507 e. The molecule has 1 aromatic rings. The lowest BCUT2D eigenvalue weighted by Gasteiger charge is -2.04. The minimum absolute atomic E-state index is 0.00799. The molecule has 0 aliphatic heterocycles. The molecule has 3 N–H and O–H groups in total. The van der Waals surface area contributed by atoms with Crippen LogP contribution in [0.5, 0.6) is 5.75 Å². The lowest BCUT2D eigenvalue weighted by molar-refractivity contribution is -0.114. The quantitative estimate of drug-likeness (QED) is 0.662. The van der Waals surface area contributed by atoms with E-state index in [-0.39, 0.29) is 11.3 Å². The van der Waals surface area contributed by atoms with Gasteiger partial charge in [-0.25, -0.2) is 4.79 Å². The zero-order valence-electron chi connectivity index (χ0n) is 9.94. The van der Waals surface area contributed by atoms with Crippen LogP contribution in [-0.2, 0) is 4.79 Å². The predicted octanol–water partition coefficient (Wildman–Crippen LogP) is 1.05. The maximum Gasteiger partial charge on any atom is 0.339 e. The normalized spacial score (nSPS) is 13.6. The van der Waals surface area contributed by atoms with Gasteiger partial charge in [0.05, 0.1) is 0 Å². The number of anilines is 1. The number of carbonyl (C=O) groups excluding carboxylic acids is 1. The summed E-state index contributed by atoms with van der Waals surface area (Å²) in [6, 6.07) is 3.21. The van der Waals surface area contributed by atoms with Crippen LogP contribution in [0.3, 0.4) is 0 Å². The number of nitrogens with one attached hydrogen (secondary N) is 1. The Morgan fingerprint density at radius 2 is 2.21 bits per heavy atom. The lowest BCUT2D eigenvalue weighted by atomic mass is 10.2. The summed E-state index contributed by atoms with van der Waals surface area (Å²) in [5.74, 6) is -3.09. The van der Waals surface area contributed by atoms with E-state index < -0.39 is 24.5 Å². The third kappa shape index (κ3) is 2.22. The van der Waals surface area contributed by atoms with Gasteiger partial charge in [-0.15, -0.1) is 0 Å². The maximum atomic E-state index is 11.1. The van der Waals surface area contributed by atoms with Crippen LogP contribution in [0.4, 0.5) is 5.69 Å². The van der Waals surface area contributed by atoms with Crippen LogP contribution >= 0.6 is 0 Å². The Labute approximate surface area is 84.2 Å². The van der Waals surface area contributed by atoms with E-state index in [9.17, 15) is 14.7 Å². The first kappa shape index (κ1) is 6.42. The van der Waals surface area contributed by atoms with Crippen molar-refractivity contribution in [3.8, 4) is 5.75 Å².